The van der Waals surface area contributed by atoms with E-state index in [1.54, 1.807) is 12.1 Å². The van der Waals surface area contributed by atoms with Crippen molar-refractivity contribution in [3.8, 4) is 5.75 Å². The molecule has 1 fully saturated rings. The largest absolute Gasteiger partial charge is 0.491 e. The van der Waals surface area contributed by atoms with E-state index in [0.29, 0.717) is 37.6 Å². The Labute approximate surface area is 193 Å². The van der Waals surface area contributed by atoms with Crippen LogP contribution in [0.5, 0.6) is 5.75 Å². The molecule has 1 heterocycles. The van der Waals surface area contributed by atoms with Crippen molar-refractivity contribution in [3.63, 3.8) is 0 Å². The third-order valence-corrected chi connectivity index (χ3v) is 7.75. The Kier molecular flexibility index (Phi) is 6.98. The second-order valence-electron chi connectivity index (χ2n) is 7.77. The Morgan fingerprint density at radius 3 is 2.62 bits per heavy atom. The number of amides is 1. The Hall–Kier alpha value is -2.61. The second kappa shape index (κ2) is 9.90. The number of nitrogens with zero attached hydrogens (tertiary/aromatic N) is 1. The van der Waals surface area contributed by atoms with Crippen LogP contribution in [0.4, 0.5) is 0 Å². The topological polar surface area (TPSA) is 75.7 Å². The van der Waals surface area contributed by atoms with Crippen molar-refractivity contribution in [1.82, 2.24) is 9.62 Å². The maximum Gasteiger partial charge on any atom is 0.243 e. The zero-order valence-corrected chi connectivity index (χ0v) is 19.1. The molecular formula is C24H25ClN2O4S. The van der Waals surface area contributed by atoms with Crippen LogP contribution in [-0.4, -0.2) is 44.9 Å². The van der Waals surface area contributed by atoms with Crippen LogP contribution in [0.15, 0.2) is 71.6 Å². The lowest BCUT2D eigenvalue weighted by molar-refractivity contribution is -0.126. The summed E-state index contributed by atoms with van der Waals surface area (Å²) in [5.41, 5.74) is 0. The first-order valence-corrected chi connectivity index (χ1v) is 12.4. The maximum absolute atomic E-state index is 12.9. The summed E-state index contributed by atoms with van der Waals surface area (Å²) in [6, 6.07) is 19.9. The fourth-order valence-electron chi connectivity index (χ4n) is 3.93. The number of hydrogen-bond acceptors (Lipinski definition) is 4. The van der Waals surface area contributed by atoms with Gasteiger partial charge < -0.3 is 10.1 Å². The van der Waals surface area contributed by atoms with Gasteiger partial charge >= 0.3 is 0 Å². The smallest absolute Gasteiger partial charge is 0.243 e. The van der Waals surface area contributed by atoms with Crippen LogP contribution in [0.1, 0.15) is 12.8 Å². The minimum absolute atomic E-state index is 0.150. The number of hydrogen-bond donors (Lipinski definition) is 1. The van der Waals surface area contributed by atoms with E-state index in [1.165, 1.54) is 16.4 Å². The number of fused-ring (bicyclic) bond motifs is 1. The predicted molar refractivity (Wildman–Crippen MR) is 125 cm³/mol. The predicted octanol–water partition coefficient (Wildman–Crippen LogP) is 4.09. The van der Waals surface area contributed by atoms with Crippen LogP contribution in [0.3, 0.4) is 0 Å². The maximum atomic E-state index is 12.9. The number of ether oxygens (including phenoxy) is 1. The molecule has 0 aromatic heterocycles. The van der Waals surface area contributed by atoms with E-state index in [2.05, 4.69) is 5.32 Å². The summed E-state index contributed by atoms with van der Waals surface area (Å²) in [7, 11) is -3.66. The highest BCUT2D eigenvalue weighted by atomic mass is 35.5. The molecule has 3 aromatic carbocycles. The highest BCUT2D eigenvalue weighted by molar-refractivity contribution is 7.89. The van der Waals surface area contributed by atoms with Gasteiger partial charge in [0, 0.05) is 23.5 Å². The number of halogens is 1. The third-order valence-electron chi connectivity index (χ3n) is 5.61. The minimum Gasteiger partial charge on any atom is -0.491 e. The summed E-state index contributed by atoms with van der Waals surface area (Å²) in [5, 5.41) is 5.48. The van der Waals surface area contributed by atoms with Crippen LogP contribution in [0.25, 0.3) is 10.8 Å². The molecule has 0 bridgehead atoms. The number of benzene rings is 3. The Bertz CT molecular complexity index is 1190. The van der Waals surface area contributed by atoms with Gasteiger partial charge in [0.1, 0.15) is 12.4 Å². The zero-order valence-electron chi connectivity index (χ0n) is 17.5. The summed E-state index contributed by atoms with van der Waals surface area (Å²) in [6.07, 6.45) is 1.29. The Morgan fingerprint density at radius 2 is 1.81 bits per heavy atom. The molecule has 1 atom stereocenters. The molecule has 0 unspecified atom stereocenters. The molecule has 168 valence electrons. The summed E-state index contributed by atoms with van der Waals surface area (Å²) >= 11 is 5.87. The number of carbonyl (C=O) groups is 1. The lowest BCUT2D eigenvalue weighted by Gasteiger charge is -2.31. The molecule has 0 aliphatic carbocycles. The first-order chi connectivity index (χ1) is 15.4. The van der Waals surface area contributed by atoms with Crippen molar-refractivity contribution in [3.05, 3.63) is 71.8 Å². The van der Waals surface area contributed by atoms with Gasteiger partial charge in [-0.3, -0.25) is 4.79 Å². The van der Waals surface area contributed by atoms with Crippen LogP contribution in [0.2, 0.25) is 5.02 Å². The molecule has 1 aliphatic rings. The molecule has 6 nitrogen and oxygen atoms in total. The summed E-state index contributed by atoms with van der Waals surface area (Å²) < 4.78 is 33.1. The molecule has 8 heteroatoms. The molecule has 32 heavy (non-hydrogen) atoms. The second-order valence-corrected chi connectivity index (χ2v) is 10.1. The van der Waals surface area contributed by atoms with Gasteiger partial charge in [0.25, 0.3) is 0 Å². The van der Waals surface area contributed by atoms with Crippen molar-refractivity contribution in [2.75, 3.05) is 26.2 Å². The van der Waals surface area contributed by atoms with Crippen molar-refractivity contribution in [2.24, 2.45) is 5.92 Å². The Morgan fingerprint density at radius 1 is 1.06 bits per heavy atom. The zero-order chi connectivity index (χ0) is 22.6. The van der Waals surface area contributed by atoms with Gasteiger partial charge in [-0.1, -0.05) is 48.0 Å². The standard InChI is InChI=1S/C24H25ClN2O4S/c25-20-10-12-21(13-11-20)32(29,30)27-15-4-7-19(17-27)24(28)26-14-16-31-23-9-3-6-18-5-1-2-8-22(18)23/h1-3,5-6,8-13,19H,4,7,14-17H2,(H,26,28)/t19-/m0/s1. The van der Waals surface area contributed by atoms with E-state index in [9.17, 15) is 13.2 Å². The first kappa shape index (κ1) is 22.6. The fourth-order valence-corrected chi connectivity index (χ4v) is 5.58. The molecular weight excluding hydrogens is 448 g/mol. The first-order valence-electron chi connectivity index (χ1n) is 10.6. The summed E-state index contributed by atoms with van der Waals surface area (Å²) in [4.78, 5) is 12.9. The highest BCUT2D eigenvalue weighted by Gasteiger charge is 2.33. The SMILES string of the molecule is O=C(NCCOc1cccc2ccccc12)[C@H]1CCCN(S(=O)(=O)c2ccc(Cl)cc2)C1. The van der Waals surface area contributed by atoms with E-state index >= 15 is 0 Å². The van der Waals surface area contributed by atoms with Gasteiger partial charge in [-0.05, 0) is 48.6 Å². The molecule has 4 rings (SSSR count). The van der Waals surface area contributed by atoms with E-state index in [4.69, 9.17) is 16.3 Å². The van der Waals surface area contributed by atoms with Crippen LogP contribution >= 0.6 is 11.6 Å². The molecule has 0 saturated carbocycles. The van der Waals surface area contributed by atoms with Gasteiger partial charge in [-0.25, -0.2) is 8.42 Å². The monoisotopic (exact) mass is 472 g/mol. The van der Waals surface area contributed by atoms with Crippen molar-refractivity contribution in [1.29, 1.82) is 0 Å². The van der Waals surface area contributed by atoms with Crippen molar-refractivity contribution in [2.45, 2.75) is 17.7 Å². The molecule has 1 amide bonds. The van der Waals surface area contributed by atoms with Crippen LogP contribution in [0, 0.1) is 5.92 Å². The van der Waals surface area contributed by atoms with Gasteiger partial charge in [-0.15, -0.1) is 0 Å². The molecule has 1 saturated heterocycles. The number of sulfonamides is 1. The van der Waals surface area contributed by atoms with E-state index in [-0.39, 0.29) is 23.3 Å². The lowest BCUT2D eigenvalue weighted by Crippen LogP contribution is -2.45. The number of piperidine rings is 1. The van der Waals surface area contributed by atoms with Crippen molar-refractivity contribution < 1.29 is 17.9 Å². The lowest BCUT2D eigenvalue weighted by atomic mass is 9.99. The summed E-state index contributed by atoms with van der Waals surface area (Å²) in [6.45, 7) is 1.25. The average Bonchev–Trinajstić information content (AvgIpc) is 2.82. The number of carbonyl (C=O) groups excluding carboxylic acids is 1. The molecule has 1 aliphatic heterocycles. The molecule has 0 radical (unpaired) electrons. The molecule has 0 spiro atoms. The number of nitrogens with one attached hydrogen (secondary N) is 1. The van der Waals surface area contributed by atoms with E-state index in [1.807, 2.05) is 42.5 Å². The van der Waals surface area contributed by atoms with Gasteiger partial charge in [0.2, 0.25) is 15.9 Å². The van der Waals surface area contributed by atoms with E-state index in [0.717, 1.165) is 16.5 Å². The average molecular weight is 473 g/mol. The number of rotatable bonds is 7. The normalized spacial score (nSPS) is 17.2. The molecule has 3 aromatic rings. The van der Waals surface area contributed by atoms with Crippen molar-refractivity contribution >= 4 is 38.3 Å². The molecule has 1 N–H and O–H groups in total. The van der Waals surface area contributed by atoms with E-state index < -0.39 is 10.0 Å². The van der Waals surface area contributed by atoms with Gasteiger partial charge in [-0.2, -0.15) is 4.31 Å². The fraction of sp³-hybridized carbons (Fsp3) is 0.292. The Balaban J connectivity index is 1.31. The summed E-state index contributed by atoms with van der Waals surface area (Å²) in [5.74, 6) is 0.237. The quantitative estimate of drug-likeness (QED) is 0.525. The van der Waals surface area contributed by atoms with Crippen LogP contribution in [-0.2, 0) is 14.8 Å². The third kappa shape index (κ3) is 5.06. The van der Waals surface area contributed by atoms with Gasteiger partial charge in [0.05, 0.1) is 17.4 Å². The van der Waals surface area contributed by atoms with Gasteiger partial charge in [0.15, 0.2) is 0 Å². The minimum atomic E-state index is -3.66. The van der Waals surface area contributed by atoms with Crippen LogP contribution < -0.4 is 10.1 Å². The highest BCUT2D eigenvalue weighted by Crippen LogP contribution is 2.26.